The molecule has 3 rings (SSSR count). The molecule has 2 aromatic rings. The molecule has 0 bridgehead atoms. The standard InChI is InChI=1S/C13H19N5/c1-10-3-4-11-12(9-10)18(13(14)15-11)17-7-5-16(2)6-8-17/h3-4,9H,5-8H2,1-2H3,(H2,14,15). The molecule has 1 aromatic heterocycles. The lowest BCUT2D eigenvalue weighted by Gasteiger charge is -2.35. The predicted molar refractivity (Wildman–Crippen MR) is 74.3 cm³/mol. The summed E-state index contributed by atoms with van der Waals surface area (Å²) in [7, 11) is 2.15. The van der Waals surface area contributed by atoms with Gasteiger partial charge < -0.3 is 15.6 Å². The van der Waals surface area contributed by atoms with Gasteiger partial charge in [-0.15, -0.1) is 0 Å². The van der Waals surface area contributed by atoms with E-state index >= 15 is 0 Å². The van der Waals surface area contributed by atoms with Crippen LogP contribution in [0, 0.1) is 6.92 Å². The Labute approximate surface area is 107 Å². The third-order valence-electron chi connectivity index (χ3n) is 3.57. The summed E-state index contributed by atoms with van der Waals surface area (Å²) in [4.78, 5) is 6.76. The van der Waals surface area contributed by atoms with Crippen molar-refractivity contribution in [2.24, 2.45) is 0 Å². The Morgan fingerprint density at radius 1 is 1.17 bits per heavy atom. The average molecular weight is 245 g/mol. The molecule has 1 aliphatic heterocycles. The van der Waals surface area contributed by atoms with Gasteiger partial charge in [0.25, 0.3) is 0 Å². The number of nitrogen functional groups attached to an aromatic ring is 1. The Morgan fingerprint density at radius 3 is 2.61 bits per heavy atom. The molecule has 2 heterocycles. The smallest absolute Gasteiger partial charge is 0.220 e. The zero-order valence-electron chi connectivity index (χ0n) is 10.9. The van der Waals surface area contributed by atoms with Gasteiger partial charge in [0, 0.05) is 26.2 Å². The molecule has 0 saturated carbocycles. The van der Waals surface area contributed by atoms with Crippen molar-refractivity contribution in [2.45, 2.75) is 6.92 Å². The van der Waals surface area contributed by atoms with E-state index in [0.29, 0.717) is 5.95 Å². The fourth-order valence-corrected chi connectivity index (χ4v) is 2.48. The van der Waals surface area contributed by atoms with Gasteiger partial charge in [0.1, 0.15) is 0 Å². The summed E-state index contributed by atoms with van der Waals surface area (Å²) in [5.41, 5.74) is 9.38. The van der Waals surface area contributed by atoms with Crippen LogP contribution < -0.4 is 10.7 Å². The molecule has 0 atom stereocenters. The number of hydrogen-bond donors (Lipinski definition) is 1. The summed E-state index contributed by atoms with van der Waals surface area (Å²) in [6.07, 6.45) is 0. The molecule has 18 heavy (non-hydrogen) atoms. The van der Waals surface area contributed by atoms with Crippen LogP contribution in [-0.2, 0) is 0 Å². The molecule has 2 N–H and O–H groups in total. The van der Waals surface area contributed by atoms with Gasteiger partial charge in [-0.05, 0) is 31.7 Å². The van der Waals surface area contributed by atoms with Gasteiger partial charge in [0.2, 0.25) is 5.95 Å². The first kappa shape index (κ1) is 11.3. The molecule has 0 amide bonds. The third-order valence-corrected chi connectivity index (χ3v) is 3.57. The number of nitrogens with two attached hydrogens (primary N) is 1. The van der Waals surface area contributed by atoms with Crippen LogP contribution in [0.2, 0.25) is 0 Å². The highest BCUT2D eigenvalue weighted by Gasteiger charge is 2.18. The Hall–Kier alpha value is -1.75. The minimum absolute atomic E-state index is 0.583. The summed E-state index contributed by atoms with van der Waals surface area (Å²) < 4.78 is 2.06. The Balaban J connectivity index is 2.05. The van der Waals surface area contributed by atoms with Crippen LogP contribution in [0.25, 0.3) is 11.0 Å². The molecule has 0 unspecified atom stereocenters. The third kappa shape index (κ3) is 1.80. The number of aryl methyl sites for hydroxylation is 1. The fraction of sp³-hybridized carbons (Fsp3) is 0.462. The SMILES string of the molecule is Cc1ccc2nc(N)n(N3CCN(C)CC3)c2c1. The summed E-state index contributed by atoms with van der Waals surface area (Å²) >= 11 is 0. The maximum atomic E-state index is 6.07. The van der Waals surface area contributed by atoms with Gasteiger partial charge in [-0.25, -0.2) is 9.66 Å². The van der Waals surface area contributed by atoms with Gasteiger partial charge in [0.05, 0.1) is 11.0 Å². The summed E-state index contributed by atoms with van der Waals surface area (Å²) in [5.74, 6) is 0.583. The number of nitrogens with zero attached hydrogens (tertiary/aromatic N) is 4. The van der Waals surface area contributed by atoms with Gasteiger partial charge in [0.15, 0.2) is 0 Å². The number of rotatable bonds is 1. The molecular formula is C13H19N5. The quantitative estimate of drug-likeness (QED) is 0.808. The molecule has 1 aliphatic rings. The second kappa shape index (κ2) is 4.17. The van der Waals surface area contributed by atoms with Gasteiger partial charge >= 0.3 is 0 Å². The number of fused-ring (bicyclic) bond motifs is 1. The number of likely N-dealkylation sites (N-methyl/N-ethyl adjacent to an activating group) is 1. The van der Waals surface area contributed by atoms with Crippen molar-refractivity contribution in [1.82, 2.24) is 14.6 Å². The molecular weight excluding hydrogens is 226 g/mol. The van der Waals surface area contributed by atoms with Crippen molar-refractivity contribution in [3.63, 3.8) is 0 Å². The second-order valence-corrected chi connectivity index (χ2v) is 5.03. The number of anilines is 1. The summed E-state index contributed by atoms with van der Waals surface area (Å²) in [6.45, 7) is 6.19. The highest BCUT2D eigenvalue weighted by molar-refractivity contribution is 5.79. The van der Waals surface area contributed by atoms with Gasteiger partial charge in [-0.1, -0.05) is 6.07 Å². The molecule has 0 radical (unpaired) electrons. The zero-order valence-corrected chi connectivity index (χ0v) is 10.9. The van der Waals surface area contributed by atoms with Crippen LogP contribution in [-0.4, -0.2) is 47.8 Å². The van der Waals surface area contributed by atoms with Crippen LogP contribution in [0.4, 0.5) is 5.95 Å². The molecule has 1 aromatic carbocycles. The highest BCUT2D eigenvalue weighted by atomic mass is 15.6. The molecule has 5 heteroatoms. The summed E-state index contributed by atoms with van der Waals surface area (Å²) in [6, 6.07) is 6.26. The average Bonchev–Trinajstić information content (AvgIpc) is 2.66. The molecule has 5 nitrogen and oxygen atoms in total. The van der Waals surface area contributed by atoms with Crippen LogP contribution >= 0.6 is 0 Å². The minimum Gasteiger partial charge on any atom is -0.368 e. The van der Waals surface area contributed by atoms with Crippen LogP contribution in [0.5, 0.6) is 0 Å². The van der Waals surface area contributed by atoms with E-state index in [-0.39, 0.29) is 0 Å². The molecule has 96 valence electrons. The van der Waals surface area contributed by atoms with Crippen LogP contribution in [0.1, 0.15) is 5.56 Å². The van der Waals surface area contributed by atoms with Crippen LogP contribution in [0.3, 0.4) is 0 Å². The normalized spacial score (nSPS) is 17.6. The number of imidazole rings is 1. The van der Waals surface area contributed by atoms with Gasteiger partial charge in [-0.3, -0.25) is 0 Å². The van der Waals surface area contributed by atoms with Crippen LogP contribution in [0.15, 0.2) is 18.2 Å². The first-order valence-electron chi connectivity index (χ1n) is 6.33. The first-order valence-corrected chi connectivity index (χ1v) is 6.33. The topological polar surface area (TPSA) is 50.3 Å². The second-order valence-electron chi connectivity index (χ2n) is 5.03. The number of hydrogen-bond acceptors (Lipinski definition) is 4. The van der Waals surface area contributed by atoms with E-state index in [1.165, 1.54) is 5.56 Å². The molecule has 1 saturated heterocycles. The lowest BCUT2D eigenvalue weighted by atomic mass is 10.2. The molecule has 1 fully saturated rings. The van der Waals surface area contributed by atoms with E-state index < -0.39 is 0 Å². The molecule has 0 spiro atoms. The van der Waals surface area contributed by atoms with E-state index in [1.807, 2.05) is 6.07 Å². The Bertz CT molecular complexity index is 566. The first-order chi connectivity index (χ1) is 8.65. The monoisotopic (exact) mass is 245 g/mol. The number of aromatic nitrogens is 2. The van der Waals surface area contributed by atoms with E-state index in [1.54, 1.807) is 0 Å². The van der Waals surface area contributed by atoms with Crippen molar-refractivity contribution >= 4 is 17.0 Å². The fourth-order valence-electron chi connectivity index (χ4n) is 2.48. The van der Waals surface area contributed by atoms with Crippen molar-refractivity contribution in [3.8, 4) is 0 Å². The maximum absolute atomic E-state index is 6.07. The van der Waals surface area contributed by atoms with E-state index in [2.05, 4.69) is 45.7 Å². The van der Waals surface area contributed by atoms with E-state index in [9.17, 15) is 0 Å². The minimum atomic E-state index is 0.583. The Morgan fingerprint density at radius 2 is 1.89 bits per heavy atom. The Kier molecular flexibility index (Phi) is 2.63. The summed E-state index contributed by atoms with van der Waals surface area (Å²) in [5, 5.41) is 2.28. The zero-order chi connectivity index (χ0) is 12.7. The highest BCUT2D eigenvalue weighted by Crippen LogP contribution is 2.20. The van der Waals surface area contributed by atoms with Crippen molar-refractivity contribution in [2.75, 3.05) is 44.0 Å². The largest absolute Gasteiger partial charge is 0.368 e. The number of piperazine rings is 1. The van der Waals surface area contributed by atoms with E-state index in [0.717, 1.165) is 37.2 Å². The van der Waals surface area contributed by atoms with Crippen molar-refractivity contribution < 1.29 is 0 Å². The number of benzene rings is 1. The molecule has 0 aliphatic carbocycles. The maximum Gasteiger partial charge on any atom is 0.220 e. The van der Waals surface area contributed by atoms with E-state index in [4.69, 9.17) is 5.73 Å². The van der Waals surface area contributed by atoms with Crippen molar-refractivity contribution in [3.05, 3.63) is 23.8 Å². The lowest BCUT2D eigenvalue weighted by molar-refractivity contribution is 0.290. The lowest BCUT2D eigenvalue weighted by Crippen LogP contribution is -2.50. The predicted octanol–water partition coefficient (Wildman–Crippen LogP) is 0.810. The van der Waals surface area contributed by atoms with Gasteiger partial charge in [-0.2, -0.15) is 0 Å². The van der Waals surface area contributed by atoms with Crippen molar-refractivity contribution in [1.29, 1.82) is 0 Å².